The number of esters is 1. The molecule has 0 aromatic heterocycles. The van der Waals surface area contributed by atoms with Crippen molar-refractivity contribution in [2.75, 3.05) is 20.8 Å². The maximum Gasteiger partial charge on any atom is 1.00 e. The van der Waals surface area contributed by atoms with Crippen LogP contribution in [0.2, 0.25) is 0 Å². The van der Waals surface area contributed by atoms with Gasteiger partial charge in [0.2, 0.25) is 0 Å². The minimum Gasteiger partial charge on any atom is -0.468 e. The molecule has 0 spiro atoms. The molecule has 68 valence electrons. The topological polar surface area (TPSA) is 61.5 Å². The average molecular weight is 295 g/mol. The van der Waals surface area contributed by atoms with Crippen molar-refractivity contribution in [2.24, 2.45) is 5.73 Å². The summed E-state index contributed by atoms with van der Waals surface area (Å²) in [7, 11) is 2.87. The molecule has 0 aromatic carbocycles. The van der Waals surface area contributed by atoms with E-state index in [0.29, 0.717) is 13.0 Å². The molecule has 0 aliphatic heterocycles. The smallest absolute Gasteiger partial charge is 0.468 e. The Morgan fingerprint density at radius 2 is 2.00 bits per heavy atom. The number of hydrogen-bond acceptors (Lipinski definition) is 4. The van der Waals surface area contributed by atoms with Crippen LogP contribution in [0.4, 0.5) is 0 Å². The van der Waals surface area contributed by atoms with Crippen LogP contribution in [0.25, 0.3) is 0 Å². The number of hydrogen-bond donors (Lipinski definition) is 1. The largest absolute Gasteiger partial charge is 1.00 e. The van der Waals surface area contributed by atoms with E-state index in [9.17, 15) is 4.79 Å². The van der Waals surface area contributed by atoms with Gasteiger partial charge in [-0.05, 0) is 6.42 Å². The van der Waals surface area contributed by atoms with Gasteiger partial charge in [-0.3, -0.25) is 4.79 Å². The quantitative estimate of drug-likeness (QED) is 0.443. The Hall–Kier alpha value is 1.44. The van der Waals surface area contributed by atoms with E-state index in [-0.39, 0.29) is 76.3 Å². The number of carbonyl (C=O) groups is 1. The Balaban J connectivity index is -0.000000405. The molecule has 1 atom stereocenters. The van der Waals surface area contributed by atoms with Gasteiger partial charge in [-0.2, -0.15) is 0 Å². The maximum absolute atomic E-state index is 10.6. The Kier molecular flexibility index (Phi) is 19.8. The predicted molar refractivity (Wildman–Crippen MR) is 42.9 cm³/mol. The van der Waals surface area contributed by atoms with E-state index in [1.54, 1.807) is 7.11 Å². The Morgan fingerprint density at radius 3 is 2.33 bits per heavy atom. The number of ether oxygens (including phenoxy) is 2. The maximum atomic E-state index is 10.6. The second-order valence-electron chi connectivity index (χ2n) is 1.91. The van der Waals surface area contributed by atoms with Crippen molar-refractivity contribution in [1.29, 1.82) is 0 Å². The van der Waals surface area contributed by atoms with Gasteiger partial charge in [-0.25, -0.2) is 0 Å². The summed E-state index contributed by atoms with van der Waals surface area (Å²) in [6.45, 7) is 0.482. The molecule has 0 fully saturated rings. The summed E-state index contributed by atoms with van der Waals surface area (Å²) in [5.41, 5.74) is 5.36. The molecule has 0 amide bonds. The molecule has 0 aromatic rings. The first-order valence-electron chi connectivity index (χ1n) is 3.04. The van der Waals surface area contributed by atoms with Gasteiger partial charge in [0.1, 0.15) is 6.04 Å². The molecule has 0 aliphatic carbocycles. The summed E-state index contributed by atoms with van der Waals surface area (Å²) in [5.74, 6) is -0.392. The molecule has 0 saturated carbocycles. The first-order valence-corrected chi connectivity index (χ1v) is 3.04. The number of nitrogens with two attached hydrogens (primary N) is 1. The van der Waals surface area contributed by atoms with Crippen molar-refractivity contribution in [3.05, 3.63) is 7.43 Å². The van der Waals surface area contributed by atoms with Crippen molar-refractivity contribution in [3.63, 3.8) is 0 Å². The van der Waals surface area contributed by atoms with Crippen molar-refractivity contribution in [3.8, 4) is 0 Å². The van der Waals surface area contributed by atoms with Gasteiger partial charge < -0.3 is 22.6 Å². The minimum absolute atomic E-state index is 0. The van der Waals surface area contributed by atoms with Crippen molar-refractivity contribution in [2.45, 2.75) is 12.5 Å². The zero-order chi connectivity index (χ0) is 7.98. The zero-order valence-corrected chi connectivity index (χ0v) is 14.6. The average Bonchev–Trinajstić information content (AvgIpc) is 1.98. The SMILES string of the molecule is COCCC(N)C(=O)OC.[CH3-].[Cs+]. The van der Waals surface area contributed by atoms with Gasteiger partial charge in [0.25, 0.3) is 0 Å². The molecular weight excluding hydrogens is 279 g/mol. The number of methoxy groups -OCH3 is 2. The summed E-state index contributed by atoms with van der Waals surface area (Å²) in [6, 6.07) is -0.551. The van der Waals surface area contributed by atoms with E-state index in [1.807, 2.05) is 0 Å². The van der Waals surface area contributed by atoms with Gasteiger partial charge in [0, 0.05) is 13.7 Å². The third-order valence-corrected chi connectivity index (χ3v) is 1.14. The van der Waals surface area contributed by atoms with Crippen molar-refractivity contribution < 1.29 is 83.2 Å². The summed E-state index contributed by atoms with van der Waals surface area (Å²) in [5, 5.41) is 0. The molecular formula is C7H16CsNO3. The first-order chi connectivity index (χ1) is 4.72. The summed E-state index contributed by atoms with van der Waals surface area (Å²) in [4.78, 5) is 10.6. The van der Waals surface area contributed by atoms with Gasteiger partial charge in [-0.15, -0.1) is 0 Å². The molecule has 0 radical (unpaired) electrons. The van der Waals surface area contributed by atoms with Crippen molar-refractivity contribution in [1.82, 2.24) is 0 Å². The van der Waals surface area contributed by atoms with Gasteiger partial charge >= 0.3 is 74.9 Å². The third kappa shape index (κ3) is 9.53. The van der Waals surface area contributed by atoms with Crippen LogP contribution in [0.3, 0.4) is 0 Å². The minimum atomic E-state index is -0.551. The fourth-order valence-corrected chi connectivity index (χ4v) is 0.514. The van der Waals surface area contributed by atoms with Crippen LogP contribution in [0, 0.1) is 7.43 Å². The zero-order valence-electron chi connectivity index (χ0n) is 8.29. The Bertz CT molecular complexity index is 111. The second-order valence-corrected chi connectivity index (χ2v) is 1.91. The molecule has 4 nitrogen and oxygen atoms in total. The predicted octanol–water partition coefficient (Wildman–Crippen LogP) is -3.02. The Morgan fingerprint density at radius 1 is 1.50 bits per heavy atom. The van der Waals surface area contributed by atoms with E-state index in [1.165, 1.54) is 7.11 Å². The van der Waals surface area contributed by atoms with Crippen LogP contribution in [0.5, 0.6) is 0 Å². The van der Waals surface area contributed by atoms with Crippen LogP contribution in [0.15, 0.2) is 0 Å². The second kappa shape index (κ2) is 12.4. The fourth-order valence-electron chi connectivity index (χ4n) is 0.514. The molecule has 2 N–H and O–H groups in total. The Labute approximate surface area is 133 Å². The molecule has 0 aliphatic rings. The molecule has 0 rings (SSSR count). The van der Waals surface area contributed by atoms with E-state index in [2.05, 4.69) is 4.74 Å². The van der Waals surface area contributed by atoms with Crippen LogP contribution in [0.1, 0.15) is 6.42 Å². The summed E-state index contributed by atoms with van der Waals surface area (Å²) < 4.78 is 9.11. The van der Waals surface area contributed by atoms with Crippen LogP contribution in [-0.4, -0.2) is 32.8 Å². The third-order valence-electron chi connectivity index (χ3n) is 1.14. The number of carbonyl (C=O) groups excluding carboxylic acids is 1. The van der Waals surface area contributed by atoms with E-state index in [0.717, 1.165) is 0 Å². The van der Waals surface area contributed by atoms with E-state index < -0.39 is 12.0 Å². The van der Waals surface area contributed by atoms with Gasteiger partial charge in [-0.1, -0.05) is 0 Å². The van der Waals surface area contributed by atoms with Gasteiger partial charge in [0.05, 0.1) is 7.11 Å². The molecule has 0 saturated heterocycles. The van der Waals surface area contributed by atoms with E-state index in [4.69, 9.17) is 10.5 Å². The summed E-state index contributed by atoms with van der Waals surface area (Å²) in [6.07, 6.45) is 0.503. The molecule has 5 heteroatoms. The summed E-state index contributed by atoms with van der Waals surface area (Å²) >= 11 is 0. The van der Waals surface area contributed by atoms with Crippen LogP contribution in [-0.2, 0) is 14.3 Å². The van der Waals surface area contributed by atoms with Crippen molar-refractivity contribution >= 4 is 5.97 Å². The fraction of sp³-hybridized carbons (Fsp3) is 0.714. The monoisotopic (exact) mass is 295 g/mol. The normalized spacial score (nSPS) is 10.6. The standard InChI is InChI=1S/C6H13NO3.CH3.Cs/c1-9-4-3-5(7)6(8)10-2;;/h5H,3-4,7H2,1-2H3;1H3;/q;-1;+1. The van der Waals surface area contributed by atoms with Crippen LogP contribution >= 0.6 is 0 Å². The van der Waals surface area contributed by atoms with E-state index >= 15 is 0 Å². The number of rotatable bonds is 4. The first kappa shape index (κ1) is 19.1. The molecule has 0 heterocycles. The molecule has 0 bridgehead atoms. The van der Waals surface area contributed by atoms with Crippen LogP contribution < -0.4 is 74.6 Å². The molecule has 1 unspecified atom stereocenters. The molecule has 12 heavy (non-hydrogen) atoms. The van der Waals surface area contributed by atoms with Gasteiger partial charge in [0.15, 0.2) is 0 Å².